The zero-order valence-corrected chi connectivity index (χ0v) is 22.1. The average Bonchev–Trinajstić information content (AvgIpc) is 3.31. The van der Waals surface area contributed by atoms with Gasteiger partial charge in [-0.15, -0.1) is 0 Å². The van der Waals surface area contributed by atoms with Crippen molar-refractivity contribution in [1.82, 2.24) is 15.1 Å². The maximum atomic E-state index is 13.7. The number of carbonyl (C=O) groups is 3. The van der Waals surface area contributed by atoms with Crippen molar-refractivity contribution in [3.05, 3.63) is 41.1 Å². The summed E-state index contributed by atoms with van der Waals surface area (Å²) in [6, 6.07) is 7.82. The highest BCUT2D eigenvalue weighted by Gasteiger charge is 2.38. The highest BCUT2D eigenvalue weighted by atomic mass is 16.5. The number of amides is 3. The van der Waals surface area contributed by atoms with Crippen LogP contribution >= 0.6 is 0 Å². The van der Waals surface area contributed by atoms with Crippen LogP contribution < -0.4 is 10.1 Å². The number of allylic oxidation sites excluding steroid dienone is 1. The van der Waals surface area contributed by atoms with Crippen molar-refractivity contribution in [2.45, 2.75) is 97.8 Å². The Hall–Kier alpha value is -2.83. The standard InChI is InChI=1S/C28H41N3O4/c1-18(2)31(19(3)4)28(34)25-15-22(16-26(32)29-23-9-7-8-10-23)27(33)30(20(25)5)17-21-11-13-24(35-6)14-12-21/h11-14,18-19,22-23H,7-10,15-17H2,1-6H3,(H,29,32). The lowest BCUT2D eigenvalue weighted by Gasteiger charge is -2.38. The lowest BCUT2D eigenvalue weighted by Crippen LogP contribution is -2.47. The van der Waals surface area contributed by atoms with Crippen LogP contribution in [0.5, 0.6) is 5.75 Å². The predicted molar refractivity (Wildman–Crippen MR) is 136 cm³/mol. The maximum Gasteiger partial charge on any atom is 0.252 e. The fourth-order valence-corrected chi connectivity index (χ4v) is 5.34. The average molecular weight is 484 g/mol. The van der Waals surface area contributed by atoms with Crippen molar-refractivity contribution in [2.24, 2.45) is 5.92 Å². The van der Waals surface area contributed by atoms with Crippen LogP contribution in [0, 0.1) is 5.92 Å². The first-order valence-electron chi connectivity index (χ1n) is 12.9. The van der Waals surface area contributed by atoms with E-state index in [2.05, 4.69) is 5.32 Å². The highest BCUT2D eigenvalue weighted by Crippen LogP contribution is 2.33. The van der Waals surface area contributed by atoms with E-state index in [1.807, 2.05) is 63.8 Å². The smallest absolute Gasteiger partial charge is 0.252 e. The molecule has 1 saturated carbocycles. The number of carbonyl (C=O) groups excluding carboxylic acids is 3. The molecule has 1 aromatic rings. The van der Waals surface area contributed by atoms with E-state index in [0.717, 1.165) is 37.0 Å². The molecule has 0 aromatic heterocycles. The van der Waals surface area contributed by atoms with Crippen molar-refractivity contribution in [3.8, 4) is 5.75 Å². The van der Waals surface area contributed by atoms with Crippen LogP contribution in [-0.4, -0.2) is 52.8 Å². The van der Waals surface area contributed by atoms with Crippen molar-refractivity contribution < 1.29 is 19.1 Å². The molecule has 2 aliphatic rings. The zero-order valence-electron chi connectivity index (χ0n) is 22.1. The van der Waals surface area contributed by atoms with Crippen molar-refractivity contribution in [3.63, 3.8) is 0 Å². The third-order valence-corrected chi connectivity index (χ3v) is 7.16. The van der Waals surface area contributed by atoms with Gasteiger partial charge in [-0.25, -0.2) is 0 Å². The van der Waals surface area contributed by atoms with Gasteiger partial charge in [0.15, 0.2) is 0 Å². The van der Waals surface area contributed by atoms with E-state index in [9.17, 15) is 14.4 Å². The second-order valence-corrected chi connectivity index (χ2v) is 10.4. The Morgan fingerprint density at radius 1 is 1.09 bits per heavy atom. The molecule has 1 fully saturated rings. The molecule has 1 heterocycles. The molecule has 0 spiro atoms. The summed E-state index contributed by atoms with van der Waals surface area (Å²) in [6.07, 6.45) is 4.63. The van der Waals surface area contributed by atoms with Crippen molar-refractivity contribution in [2.75, 3.05) is 7.11 Å². The summed E-state index contributed by atoms with van der Waals surface area (Å²) in [6.45, 7) is 10.2. The molecule has 1 aliphatic heterocycles. The zero-order chi connectivity index (χ0) is 25.7. The first-order chi connectivity index (χ1) is 16.6. The highest BCUT2D eigenvalue weighted by molar-refractivity contribution is 5.99. The fourth-order valence-electron chi connectivity index (χ4n) is 5.34. The summed E-state index contributed by atoms with van der Waals surface area (Å²) in [7, 11) is 1.62. The summed E-state index contributed by atoms with van der Waals surface area (Å²) in [5.41, 5.74) is 2.24. The molecule has 0 saturated heterocycles. The second-order valence-electron chi connectivity index (χ2n) is 10.4. The first-order valence-corrected chi connectivity index (χ1v) is 12.9. The van der Waals surface area contributed by atoms with Crippen LogP contribution in [0.1, 0.15) is 78.7 Å². The molecular weight excluding hydrogens is 442 g/mol. The van der Waals surface area contributed by atoms with Crippen molar-refractivity contribution in [1.29, 1.82) is 0 Å². The van der Waals surface area contributed by atoms with Gasteiger partial charge in [0.2, 0.25) is 11.8 Å². The van der Waals surface area contributed by atoms with Crippen LogP contribution in [-0.2, 0) is 20.9 Å². The van der Waals surface area contributed by atoms with E-state index in [1.165, 1.54) is 0 Å². The van der Waals surface area contributed by atoms with Gasteiger partial charge in [-0.05, 0) is 71.6 Å². The minimum Gasteiger partial charge on any atom is -0.497 e. The number of ether oxygens (including phenoxy) is 1. The third-order valence-electron chi connectivity index (χ3n) is 7.16. The first kappa shape index (κ1) is 26.8. The number of rotatable bonds is 9. The summed E-state index contributed by atoms with van der Waals surface area (Å²) in [5.74, 6) is -0.0695. The maximum absolute atomic E-state index is 13.7. The topological polar surface area (TPSA) is 79.0 Å². The van der Waals surface area contributed by atoms with E-state index in [0.29, 0.717) is 17.8 Å². The van der Waals surface area contributed by atoms with Crippen LogP contribution in [0.4, 0.5) is 0 Å². The van der Waals surface area contributed by atoms with Crippen LogP contribution in [0.3, 0.4) is 0 Å². The Morgan fingerprint density at radius 2 is 1.69 bits per heavy atom. The molecule has 7 nitrogen and oxygen atoms in total. The second kappa shape index (κ2) is 11.7. The number of nitrogens with zero attached hydrogens (tertiary/aromatic N) is 2. The minimum absolute atomic E-state index is 0.0274. The SMILES string of the molecule is COc1ccc(CN2C(=O)C(CC(=O)NC3CCCC3)CC(C(=O)N(C(C)C)C(C)C)=C2C)cc1. The number of nitrogens with one attached hydrogen (secondary N) is 1. The number of hydrogen-bond acceptors (Lipinski definition) is 4. The monoisotopic (exact) mass is 483 g/mol. The van der Waals surface area contributed by atoms with Crippen LogP contribution in [0.15, 0.2) is 35.5 Å². The quantitative estimate of drug-likeness (QED) is 0.564. The summed E-state index contributed by atoms with van der Waals surface area (Å²) in [5, 5.41) is 3.10. The molecule has 1 aromatic carbocycles. The van der Waals surface area contributed by atoms with Gasteiger partial charge in [-0.3, -0.25) is 14.4 Å². The van der Waals surface area contributed by atoms with Gasteiger partial charge in [-0.1, -0.05) is 25.0 Å². The molecule has 0 bridgehead atoms. The molecule has 35 heavy (non-hydrogen) atoms. The van der Waals surface area contributed by atoms with Gasteiger partial charge in [0.1, 0.15) is 5.75 Å². The van der Waals surface area contributed by atoms with Crippen molar-refractivity contribution >= 4 is 17.7 Å². The Kier molecular flexibility index (Phi) is 8.98. The molecule has 0 radical (unpaired) electrons. The van der Waals surface area contributed by atoms with Gasteiger partial charge in [0.05, 0.1) is 19.6 Å². The minimum atomic E-state index is -0.557. The molecule has 1 unspecified atom stereocenters. The van der Waals surface area contributed by atoms with E-state index >= 15 is 0 Å². The number of hydrogen-bond donors (Lipinski definition) is 1. The summed E-state index contributed by atoms with van der Waals surface area (Å²) < 4.78 is 5.25. The number of benzene rings is 1. The molecule has 1 N–H and O–H groups in total. The largest absolute Gasteiger partial charge is 0.497 e. The normalized spacial score (nSPS) is 19.0. The molecule has 192 valence electrons. The Labute approximate surface area is 209 Å². The molecule has 3 amide bonds. The molecule has 7 heteroatoms. The van der Waals surface area contributed by atoms with Crippen LogP contribution in [0.25, 0.3) is 0 Å². The lowest BCUT2D eigenvalue weighted by atomic mass is 9.87. The van der Waals surface area contributed by atoms with E-state index < -0.39 is 5.92 Å². The van der Waals surface area contributed by atoms with E-state index in [4.69, 9.17) is 4.74 Å². The summed E-state index contributed by atoms with van der Waals surface area (Å²) in [4.78, 5) is 43.7. The Balaban J connectivity index is 1.89. The van der Waals surface area contributed by atoms with E-state index in [-0.39, 0.29) is 48.7 Å². The van der Waals surface area contributed by atoms with Gasteiger partial charge in [-0.2, -0.15) is 0 Å². The van der Waals surface area contributed by atoms with E-state index in [1.54, 1.807) is 12.0 Å². The van der Waals surface area contributed by atoms with Gasteiger partial charge in [0, 0.05) is 35.8 Å². The van der Waals surface area contributed by atoms with Gasteiger partial charge >= 0.3 is 0 Å². The number of methoxy groups -OCH3 is 1. The molecular formula is C28H41N3O4. The Morgan fingerprint density at radius 3 is 2.23 bits per heavy atom. The Bertz CT molecular complexity index is 937. The van der Waals surface area contributed by atoms with Crippen LogP contribution in [0.2, 0.25) is 0 Å². The molecule has 3 rings (SSSR count). The van der Waals surface area contributed by atoms with Gasteiger partial charge < -0.3 is 19.9 Å². The van der Waals surface area contributed by atoms with Gasteiger partial charge in [0.25, 0.3) is 5.91 Å². The summed E-state index contributed by atoms with van der Waals surface area (Å²) >= 11 is 0. The third kappa shape index (κ3) is 6.44. The predicted octanol–water partition coefficient (Wildman–Crippen LogP) is 4.41. The molecule has 1 aliphatic carbocycles. The molecule has 1 atom stereocenters. The lowest BCUT2D eigenvalue weighted by molar-refractivity contribution is -0.139. The fraction of sp³-hybridized carbons (Fsp3) is 0.607.